The highest BCUT2D eigenvalue weighted by Gasteiger charge is 2.25. The average Bonchev–Trinajstić information content (AvgIpc) is 3.11. The molecule has 1 heterocycles. The van der Waals surface area contributed by atoms with E-state index in [0.717, 1.165) is 43.7 Å². The summed E-state index contributed by atoms with van der Waals surface area (Å²) in [5.41, 5.74) is 2.85. The summed E-state index contributed by atoms with van der Waals surface area (Å²) in [4.78, 5) is 6.70. The van der Waals surface area contributed by atoms with Crippen LogP contribution < -0.4 is 10.0 Å². The predicted molar refractivity (Wildman–Crippen MR) is 115 cm³/mol. The molecule has 2 N–H and O–H groups in total. The third-order valence-corrected chi connectivity index (χ3v) is 5.50. The van der Waals surface area contributed by atoms with Crippen molar-refractivity contribution in [3.8, 4) is 0 Å². The molecule has 1 saturated heterocycles. The maximum absolute atomic E-state index is 11.6. The highest BCUT2D eigenvalue weighted by Crippen LogP contribution is 2.21. The largest absolute Gasteiger partial charge is 0.352 e. The third-order valence-electron chi connectivity index (χ3n) is 4.91. The first-order valence-corrected chi connectivity index (χ1v) is 11.4. The molecule has 2 aromatic carbocycles. The molecule has 0 aromatic heterocycles. The summed E-state index contributed by atoms with van der Waals surface area (Å²) in [7, 11) is -1.53. The Balaban J connectivity index is 1.59. The van der Waals surface area contributed by atoms with Gasteiger partial charge in [0.2, 0.25) is 10.0 Å². The molecule has 0 saturated carbocycles. The quantitative estimate of drug-likeness (QED) is 0.578. The lowest BCUT2D eigenvalue weighted by atomic mass is 9.99. The lowest BCUT2D eigenvalue weighted by Crippen LogP contribution is -2.39. The number of rotatable bonds is 6. The lowest BCUT2D eigenvalue weighted by molar-refractivity contribution is 0.460. The second-order valence-electron chi connectivity index (χ2n) is 7.22. The Morgan fingerprint density at radius 3 is 2.57 bits per heavy atom. The van der Waals surface area contributed by atoms with Crippen LogP contribution in [-0.2, 0) is 23.0 Å². The van der Waals surface area contributed by atoms with Crippen LogP contribution in [0.25, 0.3) is 0 Å². The second-order valence-corrected chi connectivity index (χ2v) is 8.97. The van der Waals surface area contributed by atoms with Crippen LogP contribution >= 0.6 is 0 Å². The number of likely N-dealkylation sites (tertiary alicyclic amines) is 1. The molecule has 0 radical (unpaired) electrons. The van der Waals surface area contributed by atoms with Crippen LogP contribution in [0.4, 0.5) is 5.69 Å². The molecule has 1 unspecified atom stereocenters. The number of anilines is 1. The Kier molecular flexibility index (Phi) is 6.57. The van der Waals surface area contributed by atoms with Crippen LogP contribution in [0.5, 0.6) is 0 Å². The van der Waals surface area contributed by atoms with Gasteiger partial charge in [0, 0.05) is 26.7 Å². The van der Waals surface area contributed by atoms with Gasteiger partial charge < -0.3 is 10.2 Å². The average molecular weight is 401 g/mol. The number of hydrogen-bond acceptors (Lipinski definition) is 3. The molecule has 0 spiro atoms. The molecular formula is C21H28N4O2S. The van der Waals surface area contributed by atoms with Crippen molar-refractivity contribution in [1.29, 1.82) is 0 Å². The van der Waals surface area contributed by atoms with Crippen LogP contribution in [-0.4, -0.2) is 45.7 Å². The van der Waals surface area contributed by atoms with Crippen molar-refractivity contribution in [2.24, 2.45) is 10.9 Å². The predicted octanol–water partition coefficient (Wildman–Crippen LogP) is 2.70. The molecule has 3 rings (SSSR count). The minimum absolute atomic E-state index is 0.505. The summed E-state index contributed by atoms with van der Waals surface area (Å²) in [5, 5.41) is 3.38. The van der Waals surface area contributed by atoms with Crippen LogP contribution in [0.3, 0.4) is 0 Å². The maximum atomic E-state index is 11.6. The van der Waals surface area contributed by atoms with E-state index < -0.39 is 10.0 Å². The number of aliphatic imine (C=N–C) groups is 1. The van der Waals surface area contributed by atoms with Crippen LogP contribution in [0.2, 0.25) is 0 Å². The minimum atomic E-state index is -3.31. The van der Waals surface area contributed by atoms with Gasteiger partial charge in [0.15, 0.2) is 5.96 Å². The Morgan fingerprint density at radius 1 is 1.14 bits per heavy atom. The SMILES string of the molecule is CN=C(NCc1ccccc1NS(C)(=O)=O)N1CCC(Cc2ccccc2)C1. The molecular weight excluding hydrogens is 372 g/mol. The van der Waals surface area contributed by atoms with Crippen molar-refractivity contribution in [3.05, 3.63) is 65.7 Å². The van der Waals surface area contributed by atoms with E-state index in [-0.39, 0.29) is 0 Å². The maximum Gasteiger partial charge on any atom is 0.229 e. The monoisotopic (exact) mass is 400 g/mol. The number of guanidine groups is 1. The Morgan fingerprint density at radius 2 is 1.86 bits per heavy atom. The van der Waals surface area contributed by atoms with Gasteiger partial charge in [0.25, 0.3) is 0 Å². The van der Waals surface area contributed by atoms with Gasteiger partial charge in [-0.05, 0) is 36.0 Å². The minimum Gasteiger partial charge on any atom is -0.352 e. The molecule has 1 fully saturated rings. The van der Waals surface area contributed by atoms with Crippen molar-refractivity contribution >= 4 is 21.7 Å². The van der Waals surface area contributed by atoms with Crippen LogP contribution in [0.15, 0.2) is 59.6 Å². The molecule has 7 heteroatoms. The zero-order chi connectivity index (χ0) is 20.0. The van der Waals surface area contributed by atoms with E-state index in [1.54, 1.807) is 13.1 Å². The molecule has 150 valence electrons. The summed E-state index contributed by atoms with van der Waals surface area (Å²) in [6.45, 7) is 2.45. The third kappa shape index (κ3) is 5.73. The van der Waals surface area contributed by atoms with E-state index in [2.05, 4.69) is 44.2 Å². The van der Waals surface area contributed by atoms with E-state index in [1.165, 1.54) is 5.56 Å². The molecule has 28 heavy (non-hydrogen) atoms. The first-order valence-electron chi connectivity index (χ1n) is 9.50. The summed E-state index contributed by atoms with van der Waals surface area (Å²) in [6.07, 6.45) is 3.38. The van der Waals surface area contributed by atoms with Gasteiger partial charge in [-0.15, -0.1) is 0 Å². The van der Waals surface area contributed by atoms with E-state index in [4.69, 9.17) is 0 Å². The van der Waals surface area contributed by atoms with Gasteiger partial charge in [0.05, 0.1) is 11.9 Å². The molecule has 2 aromatic rings. The van der Waals surface area contributed by atoms with Gasteiger partial charge in [-0.2, -0.15) is 0 Å². The van der Waals surface area contributed by atoms with Crippen molar-refractivity contribution in [1.82, 2.24) is 10.2 Å². The number of sulfonamides is 1. The van der Waals surface area contributed by atoms with E-state index >= 15 is 0 Å². The highest BCUT2D eigenvalue weighted by atomic mass is 32.2. The number of hydrogen-bond donors (Lipinski definition) is 2. The highest BCUT2D eigenvalue weighted by molar-refractivity contribution is 7.92. The topological polar surface area (TPSA) is 73.8 Å². The molecule has 0 aliphatic carbocycles. The fourth-order valence-electron chi connectivity index (χ4n) is 3.62. The van der Waals surface area contributed by atoms with Crippen molar-refractivity contribution in [3.63, 3.8) is 0 Å². The van der Waals surface area contributed by atoms with E-state index in [1.807, 2.05) is 24.3 Å². The Labute approximate surface area is 167 Å². The van der Waals surface area contributed by atoms with Crippen LogP contribution in [0, 0.1) is 5.92 Å². The molecule has 0 bridgehead atoms. The molecule has 1 aliphatic heterocycles. The number of benzene rings is 2. The van der Waals surface area contributed by atoms with Gasteiger partial charge in [-0.3, -0.25) is 9.71 Å². The van der Waals surface area contributed by atoms with E-state index in [0.29, 0.717) is 18.2 Å². The summed E-state index contributed by atoms with van der Waals surface area (Å²) in [5.74, 6) is 1.46. The summed E-state index contributed by atoms with van der Waals surface area (Å²) in [6, 6.07) is 18.0. The van der Waals surface area contributed by atoms with Crippen molar-refractivity contribution in [2.75, 3.05) is 31.1 Å². The first-order chi connectivity index (χ1) is 13.4. The lowest BCUT2D eigenvalue weighted by Gasteiger charge is -2.22. The number of nitrogens with one attached hydrogen (secondary N) is 2. The molecule has 1 aliphatic rings. The standard InChI is InChI=1S/C21H28N4O2S/c1-22-21(23-15-19-10-6-7-11-20(19)24-28(2,26)27)25-13-12-18(16-25)14-17-8-4-3-5-9-17/h3-11,18,24H,12-16H2,1-2H3,(H,22,23). The fraction of sp³-hybridized carbons (Fsp3) is 0.381. The summed E-state index contributed by atoms with van der Waals surface area (Å²) >= 11 is 0. The zero-order valence-electron chi connectivity index (χ0n) is 16.4. The molecule has 1 atom stereocenters. The Bertz CT molecular complexity index is 913. The number of nitrogens with zero attached hydrogens (tertiary/aromatic N) is 2. The van der Waals surface area contributed by atoms with Gasteiger partial charge in [-0.1, -0.05) is 48.5 Å². The number of para-hydroxylation sites is 1. The van der Waals surface area contributed by atoms with Crippen LogP contribution in [0.1, 0.15) is 17.5 Å². The smallest absolute Gasteiger partial charge is 0.229 e. The van der Waals surface area contributed by atoms with Gasteiger partial charge >= 0.3 is 0 Å². The molecule has 0 amide bonds. The Hall–Kier alpha value is -2.54. The normalized spacial score (nSPS) is 17.6. The zero-order valence-corrected chi connectivity index (χ0v) is 17.2. The van der Waals surface area contributed by atoms with Crippen molar-refractivity contribution in [2.45, 2.75) is 19.4 Å². The van der Waals surface area contributed by atoms with E-state index in [9.17, 15) is 8.42 Å². The van der Waals surface area contributed by atoms with Crippen molar-refractivity contribution < 1.29 is 8.42 Å². The van der Waals surface area contributed by atoms with Gasteiger partial charge in [-0.25, -0.2) is 8.42 Å². The molecule has 6 nitrogen and oxygen atoms in total. The fourth-order valence-corrected chi connectivity index (χ4v) is 4.22. The second kappa shape index (κ2) is 9.10. The van der Waals surface area contributed by atoms with Gasteiger partial charge in [0.1, 0.15) is 0 Å². The first kappa shape index (κ1) is 20.2. The summed E-state index contributed by atoms with van der Waals surface area (Å²) < 4.78 is 25.7.